The van der Waals surface area contributed by atoms with Gasteiger partial charge in [0, 0.05) is 10.9 Å². The van der Waals surface area contributed by atoms with Crippen LogP contribution in [-0.2, 0) is 9.53 Å². The Kier molecular flexibility index (Phi) is 2.65. The molecule has 0 amide bonds. The van der Waals surface area contributed by atoms with Crippen molar-refractivity contribution >= 4 is 17.6 Å². The molecule has 4 heteroatoms. The number of benzene rings is 1. The lowest BCUT2D eigenvalue weighted by Gasteiger charge is -1.99. The fraction of sp³-hybridized carbons (Fsp3) is 0.364. The summed E-state index contributed by atoms with van der Waals surface area (Å²) in [6.07, 6.45) is -1.14. The SMILES string of the molecule is COC(=O)[C@H]1C(F)[C@@H]1c1cccc(Cl)c1. The van der Waals surface area contributed by atoms with Crippen LogP contribution in [0.5, 0.6) is 0 Å². The number of ether oxygens (including phenoxy) is 1. The summed E-state index contributed by atoms with van der Waals surface area (Å²) >= 11 is 5.79. The van der Waals surface area contributed by atoms with Gasteiger partial charge in [-0.2, -0.15) is 0 Å². The summed E-state index contributed by atoms with van der Waals surface area (Å²) < 4.78 is 17.9. The first-order chi connectivity index (χ1) is 7.15. The molecule has 0 N–H and O–H groups in total. The third kappa shape index (κ3) is 1.84. The Balaban J connectivity index is 2.18. The lowest BCUT2D eigenvalue weighted by atomic mass is 10.1. The Morgan fingerprint density at radius 3 is 2.87 bits per heavy atom. The number of hydrogen-bond acceptors (Lipinski definition) is 2. The van der Waals surface area contributed by atoms with E-state index >= 15 is 0 Å². The second-order valence-corrected chi connectivity index (χ2v) is 4.01. The van der Waals surface area contributed by atoms with E-state index in [1.54, 1.807) is 24.3 Å². The van der Waals surface area contributed by atoms with Gasteiger partial charge in [0.05, 0.1) is 13.0 Å². The van der Waals surface area contributed by atoms with E-state index in [0.29, 0.717) is 5.02 Å². The second-order valence-electron chi connectivity index (χ2n) is 3.57. The van der Waals surface area contributed by atoms with Crippen LogP contribution < -0.4 is 0 Å². The first kappa shape index (κ1) is 10.4. The Morgan fingerprint density at radius 1 is 1.53 bits per heavy atom. The van der Waals surface area contributed by atoms with Crippen molar-refractivity contribution in [1.82, 2.24) is 0 Å². The largest absolute Gasteiger partial charge is 0.469 e. The third-order valence-electron chi connectivity index (χ3n) is 2.64. The van der Waals surface area contributed by atoms with E-state index in [2.05, 4.69) is 4.74 Å². The molecule has 0 bridgehead atoms. The minimum Gasteiger partial charge on any atom is -0.469 e. The van der Waals surface area contributed by atoms with E-state index in [1.165, 1.54) is 7.11 Å². The fourth-order valence-corrected chi connectivity index (χ4v) is 1.99. The molecule has 0 aliphatic heterocycles. The standard InChI is InChI=1S/C11H10ClFO2/c1-15-11(14)9-8(10(9)13)6-3-2-4-7(12)5-6/h2-5,8-10H,1H3/t8-,9-,10?/m1/s1. The van der Waals surface area contributed by atoms with Gasteiger partial charge in [0.15, 0.2) is 0 Å². The number of methoxy groups -OCH3 is 1. The first-order valence-electron chi connectivity index (χ1n) is 4.62. The van der Waals surface area contributed by atoms with E-state index in [0.717, 1.165) is 5.56 Å². The molecule has 3 atom stereocenters. The number of esters is 1. The van der Waals surface area contributed by atoms with Crippen LogP contribution in [-0.4, -0.2) is 19.3 Å². The highest BCUT2D eigenvalue weighted by molar-refractivity contribution is 6.30. The number of carbonyl (C=O) groups excluding carboxylic acids is 1. The van der Waals surface area contributed by atoms with Gasteiger partial charge in [-0.1, -0.05) is 23.7 Å². The zero-order valence-electron chi connectivity index (χ0n) is 8.11. The zero-order chi connectivity index (χ0) is 11.0. The van der Waals surface area contributed by atoms with Crippen molar-refractivity contribution in [3.05, 3.63) is 34.9 Å². The van der Waals surface area contributed by atoms with Gasteiger partial charge in [0.2, 0.25) is 0 Å². The predicted molar refractivity (Wildman–Crippen MR) is 54.6 cm³/mol. The molecule has 1 saturated carbocycles. The van der Waals surface area contributed by atoms with Gasteiger partial charge < -0.3 is 4.74 Å². The van der Waals surface area contributed by atoms with Crippen molar-refractivity contribution in [2.45, 2.75) is 12.1 Å². The van der Waals surface area contributed by atoms with Crippen molar-refractivity contribution in [3.8, 4) is 0 Å². The van der Waals surface area contributed by atoms with Gasteiger partial charge in [-0.15, -0.1) is 0 Å². The molecule has 0 aromatic heterocycles. The Labute approximate surface area is 92.0 Å². The van der Waals surface area contributed by atoms with E-state index < -0.39 is 24.0 Å². The zero-order valence-corrected chi connectivity index (χ0v) is 8.87. The molecule has 0 spiro atoms. The highest BCUT2D eigenvalue weighted by Crippen LogP contribution is 2.51. The molecule has 2 nitrogen and oxygen atoms in total. The van der Waals surface area contributed by atoms with Crippen LogP contribution in [0.1, 0.15) is 11.5 Å². The predicted octanol–water partition coefficient (Wildman–Crippen LogP) is 2.56. The molecule has 1 unspecified atom stereocenters. The number of halogens is 2. The van der Waals surface area contributed by atoms with Crippen molar-refractivity contribution < 1.29 is 13.9 Å². The van der Waals surface area contributed by atoms with Crippen LogP contribution >= 0.6 is 11.6 Å². The van der Waals surface area contributed by atoms with Gasteiger partial charge in [-0.3, -0.25) is 4.79 Å². The second kappa shape index (κ2) is 3.81. The monoisotopic (exact) mass is 228 g/mol. The lowest BCUT2D eigenvalue weighted by molar-refractivity contribution is -0.142. The van der Waals surface area contributed by atoms with Crippen molar-refractivity contribution in [3.63, 3.8) is 0 Å². The van der Waals surface area contributed by atoms with Crippen LogP contribution in [0, 0.1) is 5.92 Å². The Bertz CT molecular complexity index is 394. The summed E-state index contributed by atoms with van der Waals surface area (Å²) in [7, 11) is 1.27. The van der Waals surface area contributed by atoms with Crippen LogP contribution in [0.3, 0.4) is 0 Å². The average molecular weight is 229 g/mol. The summed E-state index contributed by atoms with van der Waals surface area (Å²) in [4.78, 5) is 11.2. The Hall–Kier alpha value is -1.09. The first-order valence-corrected chi connectivity index (χ1v) is 5.00. The highest BCUT2D eigenvalue weighted by atomic mass is 35.5. The maximum absolute atomic E-state index is 13.4. The lowest BCUT2D eigenvalue weighted by Crippen LogP contribution is -2.05. The summed E-state index contributed by atoms with van der Waals surface area (Å²) in [5.41, 5.74) is 0.755. The van der Waals surface area contributed by atoms with Gasteiger partial charge in [-0.05, 0) is 17.7 Å². The molecule has 0 radical (unpaired) electrons. The normalized spacial score (nSPS) is 28.6. The van der Waals surface area contributed by atoms with E-state index in [1.807, 2.05) is 0 Å². The minimum absolute atomic E-state index is 0.392. The van der Waals surface area contributed by atoms with Gasteiger partial charge in [0.1, 0.15) is 6.17 Å². The highest BCUT2D eigenvalue weighted by Gasteiger charge is 2.57. The van der Waals surface area contributed by atoms with Crippen LogP contribution in [0.25, 0.3) is 0 Å². The number of carbonyl (C=O) groups is 1. The van der Waals surface area contributed by atoms with Gasteiger partial charge in [0.25, 0.3) is 0 Å². The van der Waals surface area contributed by atoms with E-state index in [-0.39, 0.29) is 0 Å². The molecular weight excluding hydrogens is 219 g/mol. The van der Waals surface area contributed by atoms with E-state index in [4.69, 9.17) is 11.6 Å². The smallest absolute Gasteiger partial charge is 0.312 e. The topological polar surface area (TPSA) is 26.3 Å². The molecule has 2 rings (SSSR count). The number of hydrogen-bond donors (Lipinski definition) is 0. The van der Waals surface area contributed by atoms with E-state index in [9.17, 15) is 9.18 Å². The molecular formula is C11H10ClFO2. The molecule has 0 heterocycles. The summed E-state index contributed by atoms with van der Waals surface area (Å²) in [5, 5.41) is 0.551. The number of rotatable bonds is 2. The summed E-state index contributed by atoms with van der Waals surface area (Å²) in [6, 6.07) is 6.92. The molecule has 0 saturated heterocycles. The van der Waals surface area contributed by atoms with Gasteiger partial charge >= 0.3 is 5.97 Å². The van der Waals surface area contributed by atoms with Crippen LogP contribution in [0.4, 0.5) is 4.39 Å². The molecule has 1 aromatic rings. The van der Waals surface area contributed by atoms with Crippen molar-refractivity contribution in [1.29, 1.82) is 0 Å². The quantitative estimate of drug-likeness (QED) is 0.728. The maximum Gasteiger partial charge on any atom is 0.312 e. The molecule has 1 fully saturated rings. The van der Waals surface area contributed by atoms with Crippen molar-refractivity contribution in [2.75, 3.05) is 7.11 Å². The average Bonchev–Trinajstić information content (AvgIpc) is 2.89. The van der Waals surface area contributed by atoms with Gasteiger partial charge in [-0.25, -0.2) is 4.39 Å². The van der Waals surface area contributed by atoms with Crippen LogP contribution in [0.15, 0.2) is 24.3 Å². The summed E-state index contributed by atoms with van der Waals surface area (Å²) in [5.74, 6) is -1.54. The Morgan fingerprint density at radius 2 is 2.27 bits per heavy atom. The van der Waals surface area contributed by atoms with Crippen LogP contribution in [0.2, 0.25) is 5.02 Å². The third-order valence-corrected chi connectivity index (χ3v) is 2.87. The maximum atomic E-state index is 13.4. The molecule has 1 aromatic carbocycles. The molecule has 15 heavy (non-hydrogen) atoms. The molecule has 80 valence electrons. The molecule has 1 aliphatic carbocycles. The number of alkyl halides is 1. The molecule has 1 aliphatic rings. The minimum atomic E-state index is -1.14. The fourth-order valence-electron chi connectivity index (χ4n) is 1.79. The summed E-state index contributed by atoms with van der Waals surface area (Å²) in [6.45, 7) is 0. The van der Waals surface area contributed by atoms with Crippen molar-refractivity contribution in [2.24, 2.45) is 5.92 Å².